The first-order valence-corrected chi connectivity index (χ1v) is 14.4. The highest BCUT2D eigenvalue weighted by molar-refractivity contribution is 6.09. The number of aliphatic hydroxyl groups is 1. The summed E-state index contributed by atoms with van der Waals surface area (Å²) in [7, 11) is 0. The van der Waals surface area contributed by atoms with E-state index in [2.05, 4.69) is 79.6 Å². The lowest BCUT2D eigenvalue weighted by Crippen LogP contribution is -2.40. The topological polar surface area (TPSA) is 59.9 Å². The molecule has 2 aromatic rings. The van der Waals surface area contributed by atoms with Gasteiger partial charge in [-0.15, -0.1) is 0 Å². The first kappa shape index (κ1) is 26.9. The van der Waals surface area contributed by atoms with Crippen LogP contribution in [-0.4, -0.2) is 61.3 Å². The van der Waals surface area contributed by atoms with Gasteiger partial charge in [-0.3, -0.25) is 4.79 Å². The van der Waals surface area contributed by atoms with Crippen molar-refractivity contribution >= 4 is 22.6 Å². The molecule has 39 heavy (non-hydrogen) atoms. The van der Waals surface area contributed by atoms with Crippen LogP contribution in [0.2, 0.25) is 0 Å². The maximum Gasteiger partial charge on any atom is 0.254 e. The predicted octanol–water partition coefficient (Wildman–Crippen LogP) is 5.46. The number of rotatable bonds is 7. The zero-order valence-corrected chi connectivity index (χ0v) is 23.6. The van der Waals surface area contributed by atoms with Crippen LogP contribution in [0.4, 0.5) is 5.69 Å². The van der Waals surface area contributed by atoms with Crippen molar-refractivity contribution in [1.82, 2.24) is 9.48 Å². The normalized spacial score (nSPS) is 14.2. The zero-order chi connectivity index (χ0) is 27.5. The Bertz CT molecular complexity index is 1500. The third-order valence-electron chi connectivity index (χ3n) is 8.12. The Kier molecular flexibility index (Phi) is 8.03. The van der Waals surface area contributed by atoms with Crippen molar-refractivity contribution in [2.24, 2.45) is 0 Å². The van der Waals surface area contributed by atoms with E-state index in [-0.39, 0.29) is 12.0 Å². The Morgan fingerprint density at radius 1 is 0.949 bits per heavy atom. The number of fused-ring (bicyclic) bond motifs is 2. The molecule has 0 aromatic heterocycles. The van der Waals surface area contributed by atoms with E-state index >= 15 is 0 Å². The number of likely N-dealkylation sites (tertiary alicyclic amines) is 1. The molecule has 6 heteroatoms. The van der Waals surface area contributed by atoms with E-state index in [1.807, 2.05) is 23.1 Å². The van der Waals surface area contributed by atoms with E-state index in [0.717, 1.165) is 70.6 Å². The number of hydrogen-bond acceptors (Lipinski definition) is 4. The van der Waals surface area contributed by atoms with Crippen LogP contribution in [0, 0.1) is 0 Å². The average Bonchev–Trinajstić information content (AvgIpc) is 2.97. The Hall–Kier alpha value is -3.64. The summed E-state index contributed by atoms with van der Waals surface area (Å²) in [5, 5.41) is 12.1. The van der Waals surface area contributed by atoms with E-state index in [0.29, 0.717) is 31.5 Å². The number of piperidine rings is 1. The SMILES string of the molecule is CCN(CC)c1ccc2c(-c3ccccc3C(=O)N3CCC(O)CC3)c3ccc(=[N+](CC)CC)cc-3oc2c1. The molecular weight excluding hydrogens is 486 g/mol. The molecule has 0 radical (unpaired) electrons. The lowest BCUT2D eigenvalue weighted by atomic mass is 9.90. The standard InChI is InChI=1S/C33H40N3O3/c1-5-34(6-2)23-13-15-28-30(21-23)39-31-22-24(35(7-3)8-4)14-16-29(31)32(28)26-11-9-10-12-27(26)33(38)36-19-17-25(37)18-20-36/h9-16,21-22,25,37H,5-8,17-20H2,1-4H3/q+1. The van der Waals surface area contributed by atoms with Crippen molar-refractivity contribution in [1.29, 1.82) is 0 Å². The van der Waals surface area contributed by atoms with Crippen molar-refractivity contribution < 1.29 is 14.3 Å². The monoisotopic (exact) mass is 526 g/mol. The van der Waals surface area contributed by atoms with Crippen LogP contribution in [0.5, 0.6) is 0 Å². The van der Waals surface area contributed by atoms with Gasteiger partial charge in [0.15, 0.2) is 0 Å². The number of benzene rings is 3. The van der Waals surface area contributed by atoms with Crippen LogP contribution in [0.1, 0.15) is 50.9 Å². The van der Waals surface area contributed by atoms with Crippen LogP contribution in [-0.2, 0) is 0 Å². The summed E-state index contributed by atoms with van der Waals surface area (Å²) in [5.41, 5.74) is 5.53. The smallest absolute Gasteiger partial charge is 0.254 e. The molecule has 0 saturated carbocycles. The second-order valence-corrected chi connectivity index (χ2v) is 10.3. The molecule has 0 bridgehead atoms. The molecule has 0 spiro atoms. The van der Waals surface area contributed by atoms with Gasteiger partial charge in [-0.25, -0.2) is 4.58 Å². The number of hydrogen-bond donors (Lipinski definition) is 1. The minimum atomic E-state index is -0.326. The zero-order valence-electron chi connectivity index (χ0n) is 23.6. The molecule has 1 amide bonds. The van der Waals surface area contributed by atoms with Crippen molar-refractivity contribution in [3.05, 3.63) is 71.6 Å². The number of anilines is 1. The summed E-state index contributed by atoms with van der Waals surface area (Å²) < 4.78 is 8.93. The quantitative estimate of drug-likeness (QED) is 0.257. The van der Waals surface area contributed by atoms with Crippen LogP contribution >= 0.6 is 0 Å². The molecule has 2 aromatic carbocycles. The Morgan fingerprint density at radius 3 is 2.36 bits per heavy atom. The van der Waals surface area contributed by atoms with Gasteiger partial charge in [-0.2, -0.15) is 0 Å². The Balaban J connectivity index is 1.77. The number of nitrogens with zero attached hydrogens (tertiary/aromatic N) is 3. The highest BCUT2D eigenvalue weighted by Gasteiger charge is 2.27. The van der Waals surface area contributed by atoms with Gasteiger partial charge < -0.3 is 19.3 Å². The van der Waals surface area contributed by atoms with Gasteiger partial charge in [0.1, 0.15) is 24.4 Å². The molecule has 0 atom stereocenters. The van der Waals surface area contributed by atoms with Crippen molar-refractivity contribution in [2.45, 2.75) is 46.6 Å². The van der Waals surface area contributed by atoms with E-state index < -0.39 is 0 Å². The number of amides is 1. The molecule has 1 N–H and O–H groups in total. The van der Waals surface area contributed by atoms with Crippen molar-refractivity contribution in [3.8, 4) is 22.5 Å². The first-order chi connectivity index (χ1) is 19.0. The van der Waals surface area contributed by atoms with Crippen molar-refractivity contribution in [2.75, 3.05) is 44.2 Å². The van der Waals surface area contributed by atoms with E-state index in [9.17, 15) is 9.90 Å². The van der Waals surface area contributed by atoms with Gasteiger partial charge in [0, 0.05) is 66.1 Å². The fourth-order valence-electron chi connectivity index (χ4n) is 5.86. The lowest BCUT2D eigenvalue weighted by Gasteiger charge is -2.30. The fourth-order valence-corrected chi connectivity index (χ4v) is 5.86. The maximum atomic E-state index is 13.8. The third-order valence-corrected chi connectivity index (χ3v) is 8.12. The third kappa shape index (κ3) is 5.18. The summed E-state index contributed by atoms with van der Waals surface area (Å²) in [4.78, 5) is 18.0. The van der Waals surface area contributed by atoms with Gasteiger partial charge in [-0.05, 0) is 70.4 Å². The number of carbonyl (C=O) groups is 1. The fraction of sp³-hybridized carbons (Fsp3) is 0.394. The summed E-state index contributed by atoms with van der Waals surface area (Å²) >= 11 is 0. The van der Waals surface area contributed by atoms with Gasteiger partial charge in [-0.1, -0.05) is 18.2 Å². The highest BCUT2D eigenvalue weighted by atomic mass is 16.3. The number of carbonyl (C=O) groups excluding carboxylic acids is 1. The summed E-state index contributed by atoms with van der Waals surface area (Å²) in [5.74, 6) is 0.820. The minimum absolute atomic E-state index is 0.0131. The molecule has 2 heterocycles. The summed E-state index contributed by atoms with van der Waals surface area (Å²) in [6.45, 7) is 13.4. The molecule has 5 rings (SSSR count). The van der Waals surface area contributed by atoms with Crippen LogP contribution in [0.25, 0.3) is 33.4 Å². The molecule has 1 saturated heterocycles. The van der Waals surface area contributed by atoms with Gasteiger partial charge in [0.25, 0.3) is 5.91 Å². The molecule has 3 aliphatic rings. The van der Waals surface area contributed by atoms with Crippen LogP contribution in [0.3, 0.4) is 0 Å². The molecule has 0 unspecified atom stereocenters. The largest absolute Gasteiger partial charge is 0.456 e. The molecule has 1 aliphatic carbocycles. The second-order valence-electron chi connectivity index (χ2n) is 10.3. The highest BCUT2D eigenvalue weighted by Crippen LogP contribution is 2.42. The predicted molar refractivity (Wildman–Crippen MR) is 159 cm³/mol. The molecular formula is C33H40N3O3+. The lowest BCUT2D eigenvalue weighted by molar-refractivity contribution is 0.0547. The summed E-state index contributed by atoms with van der Waals surface area (Å²) in [6.07, 6.45) is 0.909. The Labute approximate surface area is 231 Å². The molecule has 6 nitrogen and oxygen atoms in total. The summed E-state index contributed by atoms with van der Waals surface area (Å²) in [6, 6.07) is 20.8. The van der Waals surface area contributed by atoms with Crippen LogP contribution in [0.15, 0.2) is 65.1 Å². The van der Waals surface area contributed by atoms with Crippen LogP contribution < -0.4 is 14.8 Å². The number of aliphatic hydroxyl groups excluding tert-OH is 1. The van der Waals surface area contributed by atoms with Gasteiger partial charge in [0.05, 0.1) is 12.2 Å². The Morgan fingerprint density at radius 2 is 1.67 bits per heavy atom. The van der Waals surface area contributed by atoms with Gasteiger partial charge in [0.2, 0.25) is 5.36 Å². The van der Waals surface area contributed by atoms with E-state index in [4.69, 9.17) is 4.42 Å². The first-order valence-electron chi connectivity index (χ1n) is 14.4. The maximum absolute atomic E-state index is 13.8. The minimum Gasteiger partial charge on any atom is -0.456 e. The molecule has 204 valence electrons. The average molecular weight is 527 g/mol. The van der Waals surface area contributed by atoms with Gasteiger partial charge >= 0.3 is 0 Å². The van der Waals surface area contributed by atoms with Crippen molar-refractivity contribution in [3.63, 3.8) is 0 Å². The van der Waals surface area contributed by atoms with E-state index in [1.165, 1.54) is 0 Å². The second kappa shape index (κ2) is 11.6. The molecule has 1 fully saturated rings. The molecule has 2 aliphatic heterocycles. The van der Waals surface area contributed by atoms with E-state index in [1.54, 1.807) is 0 Å².